The van der Waals surface area contributed by atoms with Gasteiger partial charge in [-0.15, -0.1) is 0 Å². The summed E-state index contributed by atoms with van der Waals surface area (Å²) >= 11 is 0. The molecule has 0 aromatic heterocycles. The predicted octanol–water partition coefficient (Wildman–Crippen LogP) is 2.95. The average molecular weight is 280 g/mol. The zero-order valence-electron chi connectivity index (χ0n) is 12.5. The third-order valence-corrected chi connectivity index (χ3v) is 3.30. The number of benzene rings is 1. The first-order valence-corrected chi connectivity index (χ1v) is 7.37. The summed E-state index contributed by atoms with van der Waals surface area (Å²) in [5.41, 5.74) is 0.952. The van der Waals surface area contributed by atoms with Gasteiger partial charge >= 0.3 is 7.32 Å². The summed E-state index contributed by atoms with van der Waals surface area (Å²) in [7, 11) is -0.169. The topological polar surface area (TPSA) is 58.9 Å². The molecule has 0 radical (unpaired) electrons. The highest BCUT2D eigenvalue weighted by Crippen LogP contribution is 2.26. The smallest absolute Gasteiger partial charge is 0.512 e. The van der Waals surface area contributed by atoms with Crippen LogP contribution in [-0.4, -0.2) is 24.5 Å². The van der Waals surface area contributed by atoms with Gasteiger partial charge in [0, 0.05) is 0 Å². The van der Waals surface area contributed by atoms with E-state index in [4.69, 9.17) is 19.4 Å². The van der Waals surface area contributed by atoms with Crippen LogP contribution in [0.1, 0.15) is 51.0 Å². The third-order valence-electron chi connectivity index (χ3n) is 3.30. The monoisotopic (exact) mass is 280 g/mol. The van der Waals surface area contributed by atoms with Crippen molar-refractivity contribution in [3.63, 3.8) is 0 Å². The second-order valence-corrected chi connectivity index (χ2v) is 4.94. The molecule has 0 amide bonds. The van der Waals surface area contributed by atoms with E-state index in [1.165, 1.54) is 32.1 Å². The molecular formula is C15H25BO4. The Morgan fingerprint density at radius 3 is 2.40 bits per heavy atom. The van der Waals surface area contributed by atoms with Crippen LogP contribution in [0.4, 0.5) is 0 Å². The van der Waals surface area contributed by atoms with Gasteiger partial charge in [0.25, 0.3) is 0 Å². The summed E-state index contributed by atoms with van der Waals surface area (Å²) in [5.74, 6) is 1.26. The molecule has 112 valence electrons. The third kappa shape index (κ3) is 6.30. The van der Waals surface area contributed by atoms with Crippen molar-refractivity contribution in [2.75, 3.05) is 7.11 Å². The van der Waals surface area contributed by atoms with Crippen LogP contribution in [-0.2, 0) is 6.42 Å². The highest BCUT2D eigenvalue weighted by Gasteiger charge is 2.14. The number of ether oxygens (including phenoxy) is 1. The Bertz CT molecular complexity index is 382. The molecule has 0 fully saturated rings. The first-order chi connectivity index (χ1) is 9.67. The van der Waals surface area contributed by atoms with Gasteiger partial charge in [0.2, 0.25) is 0 Å². The second-order valence-electron chi connectivity index (χ2n) is 4.94. The SMILES string of the molecule is CCCCCCCCc1cc(OC)ccc1OB(O)O. The number of rotatable bonds is 10. The van der Waals surface area contributed by atoms with Gasteiger partial charge in [-0.3, -0.25) is 0 Å². The highest BCUT2D eigenvalue weighted by molar-refractivity contribution is 6.33. The molecule has 0 aliphatic carbocycles. The Labute approximate surface area is 121 Å². The largest absolute Gasteiger partial charge is 0.707 e. The van der Waals surface area contributed by atoms with Crippen molar-refractivity contribution >= 4 is 7.32 Å². The maximum absolute atomic E-state index is 8.93. The summed E-state index contributed by atoms with van der Waals surface area (Å²) in [5, 5.41) is 17.9. The highest BCUT2D eigenvalue weighted by atomic mass is 16.6. The minimum absolute atomic E-state index is 0.509. The maximum atomic E-state index is 8.93. The summed E-state index contributed by atoms with van der Waals surface area (Å²) in [6, 6.07) is 5.36. The molecule has 4 nitrogen and oxygen atoms in total. The van der Waals surface area contributed by atoms with Gasteiger partial charge in [0.15, 0.2) is 0 Å². The first kappa shape index (κ1) is 16.9. The Kier molecular flexibility index (Phi) is 8.15. The Balaban J connectivity index is 2.52. The van der Waals surface area contributed by atoms with Gasteiger partial charge in [-0.2, -0.15) is 0 Å². The molecule has 1 aromatic rings. The fraction of sp³-hybridized carbons (Fsp3) is 0.600. The molecule has 0 aliphatic heterocycles. The molecule has 0 unspecified atom stereocenters. The molecular weight excluding hydrogens is 255 g/mol. The predicted molar refractivity (Wildman–Crippen MR) is 80.9 cm³/mol. The fourth-order valence-electron chi connectivity index (χ4n) is 2.20. The van der Waals surface area contributed by atoms with Crippen molar-refractivity contribution in [3.05, 3.63) is 23.8 Å². The van der Waals surface area contributed by atoms with E-state index in [-0.39, 0.29) is 0 Å². The molecule has 0 bridgehead atoms. The number of hydrogen-bond acceptors (Lipinski definition) is 4. The van der Waals surface area contributed by atoms with Gasteiger partial charge in [-0.25, -0.2) is 0 Å². The molecule has 0 heterocycles. The average Bonchev–Trinajstić information content (AvgIpc) is 2.43. The van der Waals surface area contributed by atoms with Crippen molar-refractivity contribution < 1.29 is 19.4 Å². The Morgan fingerprint density at radius 1 is 1.05 bits per heavy atom. The standard InChI is InChI=1S/C15H25BO4/c1-3-4-5-6-7-8-9-13-12-14(19-2)10-11-15(13)20-16(17)18/h10-12,17-18H,3-9H2,1-2H3. The quantitative estimate of drug-likeness (QED) is 0.511. The summed E-state index contributed by atoms with van der Waals surface area (Å²) in [6.45, 7) is 2.21. The van der Waals surface area contributed by atoms with Crippen molar-refractivity contribution in [3.8, 4) is 11.5 Å². The minimum atomic E-state index is -1.79. The molecule has 0 atom stereocenters. The van der Waals surface area contributed by atoms with E-state index in [2.05, 4.69) is 6.92 Å². The van der Waals surface area contributed by atoms with E-state index in [1.807, 2.05) is 6.07 Å². The van der Waals surface area contributed by atoms with Crippen LogP contribution in [0.2, 0.25) is 0 Å². The van der Waals surface area contributed by atoms with Gasteiger partial charge in [-0.05, 0) is 36.6 Å². The molecule has 2 N–H and O–H groups in total. The molecule has 0 saturated heterocycles. The second kappa shape index (κ2) is 9.67. The number of methoxy groups -OCH3 is 1. The van der Waals surface area contributed by atoms with Crippen LogP contribution in [0.15, 0.2) is 18.2 Å². The molecule has 0 aliphatic rings. The zero-order chi connectivity index (χ0) is 14.8. The zero-order valence-corrected chi connectivity index (χ0v) is 12.5. The van der Waals surface area contributed by atoms with Crippen molar-refractivity contribution in [2.24, 2.45) is 0 Å². The lowest BCUT2D eigenvalue weighted by Crippen LogP contribution is -2.21. The molecule has 1 aromatic carbocycles. The van der Waals surface area contributed by atoms with Gasteiger partial charge in [0.05, 0.1) is 7.11 Å². The minimum Gasteiger partial charge on any atom is -0.512 e. The van der Waals surface area contributed by atoms with Crippen molar-refractivity contribution in [1.82, 2.24) is 0 Å². The van der Waals surface area contributed by atoms with E-state index >= 15 is 0 Å². The van der Waals surface area contributed by atoms with Crippen LogP contribution in [0.3, 0.4) is 0 Å². The first-order valence-electron chi connectivity index (χ1n) is 7.37. The van der Waals surface area contributed by atoms with Crippen LogP contribution >= 0.6 is 0 Å². The van der Waals surface area contributed by atoms with Crippen LogP contribution in [0, 0.1) is 0 Å². The number of unbranched alkanes of at least 4 members (excludes halogenated alkanes) is 5. The van der Waals surface area contributed by atoms with E-state index in [1.54, 1.807) is 19.2 Å². The Morgan fingerprint density at radius 2 is 1.75 bits per heavy atom. The van der Waals surface area contributed by atoms with Gasteiger partial charge < -0.3 is 19.4 Å². The van der Waals surface area contributed by atoms with E-state index in [0.29, 0.717) is 5.75 Å². The maximum Gasteiger partial charge on any atom is 0.707 e. The van der Waals surface area contributed by atoms with Crippen molar-refractivity contribution in [1.29, 1.82) is 0 Å². The summed E-state index contributed by atoms with van der Waals surface area (Å²) in [4.78, 5) is 0. The van der Waals surface area contributed by atoms with Crippen LogP contribution in [0.5, 0.6) is 11.5 Å². The van der Waals surface area contributed by atoms with Gasteiger partial charge in [-0.1, -0.05) is 39.0 Å². The lowest BCUT2D eigenvalue weighted by Gasteiger charge is -2.12. The van der Waals surface area contributed by atoms with Crippen LogP contribution < -0.4 is 9.39 Å². The lowest BCUT2D eigenvalue weighted by molar-refractivity contribution is 0.286. The number of hydrogen-bond donors (Lipinski definition) is 2. The molecule has 20 heavy (non-hydrogen) atoms. The van der Waals surface area contributed by atoms with E-state index < -0.39 is 7.32 Å². The van der Waals surface area contributed by atoms with Crippen molar-refractivity contribution in [2.45, 2.75) is 51.9 Å². The summed E-state index contributed by atoms with van der Waals surface area (Å²) < 4.78 is 10.2. The molecule has 0 spiro atoms. The molecule has 5 heteroatoms. The van der Waals surface area contributed by atoms with Gasteiger partial charge in [0.1, 0.15) is 11.5 Å². The van der Waals surface area contributed by atoms with E-state index in [0.717, 1.165) is 24.2 Å². The summed E-state index contributed by atoms with van der Waals surface area (Å²) in [6.07, 6.45) is 8.18. The van der Waals surface area contributed by atoms with Crippen LogP contribution in [0.25, 0.3) is 0 Å². The normalized spacial score (nSPS) is 10.4. The molecule has 0 saturated carbocycles. The lowest BCUT2D eigenvalue weighted by atomic mass is 10.0. The fourth-order valence-corrected chi connectivity index (χ4v) is 2.20. The molecule has 1 rings (SSSR count). The Hall–Kier alpha value is -1.20. The van der Waals surface area contributed by atoms with E-state index in [9.17, 15) is 0 Å². The number of aryl methyl sites for hydroxylation is 1.